The summed E-state index contributed by atoms with van der Waals surface area (Å²) >= 11 is 0. The summed E-state index contributed by atoms with van der Waals surface area (Å²) in [7, 11) is 0. The van der Waals surface area contributed by atoms with Crippen LogP contribution in [0.4, 0.5) is 0 Å². The molecule has 0 aliphatic carbocycles. The standard InChI is InChI=1S/C11H15N3/c1-8-5-4-6-9-7-13-10(14(8)9)11(2,3)12/h4-7H,12H2,1-3H3. The van der Waals surface area contributed by atoms with Gasteiger partial charge in [0.2, 0.25) is 0 Å². The number of imidazole rings is 1. The maximum Gasteiger partial charge on any atom is 0.133 e. The number of nitrogens with two attached hydrogens (primary N) is 1. The van der Waals surface area contributed by atoms with Gasteiger partial charge in [0.1, 0.15) is 5.82 Å². The van der Waals surface area contributed by atoms with Crippen LogP contribution in [0.2, 0.25) is 0 Å². The molecule has 2 N–H and O–H groups in total. The summed E-state index contributed by atoms with van der Waals surface area (Å²) in [5.74, 6) is 0.908. The Labute approximate surface area is 83.6 Å². The maximum atomic E-state index is 6.05. The molecule has 0 bridgehead atoms. The quantitative estimate of drug-likeness (QED) is 0.743. The fourth-order valence-corrected chi connectivity index (χ4v) is 1.67. The van der Waals surface area contributed by atoms with E-state index in [9.17, 15) is 0 Å². The zero-order valence-corrected chi connectivity index (χ0v) is 8.78. The van der Waals surface area contributed by atoms with Crippen molar-refractivity contribution >= 4 is 5.52 Å². The van der Waals surface area contributed by atoms with Crippen molar-refractivity contribution in [3.8, 4) is 0 Å². The van der Waals surface area contributed by atoms with Gasteiger partial charge in [-0.15, -0.1) is 0 Å². The Morgan fingerprint density at radius 3 is 2.71 bits per heavy atom. The molecule has 74 valence electrons. The summed E-state index contributed by atoms with van der Waals surface area (Å²) in [5.41, 5.74) is 7.91. The smallest absolute Gasteiger partial charge is 0.133 e. The Bertz CT molecular complexity index is 463. The number of aromatic nitrogens is 2. The molecule has 2 rings (SSSR count). The highest BCUT2D eigenvalue weighted by Gasteiger charge is 2.20. The molecule has 0 amide bonds. The Balaban J connectivity index is 2.80. The molecule has 2 aromatic heterocycles. The van der Waals surface area contributed by atoms with E-state index in [1.165, 1.54) is 0 Å². The number of nitrogens with zero attached hydrogens (tertiary/aromatic N) is 2. The van der Waals surface area contributed by atoms with Gasteiger partial charge in [-0.1, -0.05) is 6.07 Å². The number of hydrogen-bond acceptors (Lipinski definition) is 2. The van der Waals surface area contributed by atoms with E-state index in [4.69, 9.17) is 5.73 Å². The molecule has 14 heavy (non-hydrogen) atoms. The van der Waals surface area contributed by atoms with Gasteiger partial charge in [-0.2, -0.15) is 0 Å². The van der Waals surface area contributed by atoms with Gasteiger partial charge in [0.15, 0.2) is 0 Å². The second kappa shape index (κ2) is 2.82. The van der Waals surface area contributed by atoms with E-state index in [2.05, 4.69) is 22.4 Å². The Morgan fingerprint density at radius 1 is 1.36 bits per heavy atom. The van der Waals surface area contributed by atoms with Crippen molar-refractivity contribution in [2.45, 2.75) is 26.3 Å². The highest BCUT2D eigenvalue weighted by atomic mass is 15.1. The predicted molar refractivity (Wildman–Crippen MR) is 57.1 cm³/mol. The maximum absolute atomic E-state index is 6.05. The molecule has 0 atom stereocenters. The molecule has 0 saturated heterocycles. The molecule has 0 aromatic carbocycles. The molecular formula is C11H15N3. The SMILES string of the molecule is Cc1cccc2cnc(C(C)(C)N)n12. The van der Waals surface area contributed by atoms with Crippen molar-refractivity contribution in [1.82, 2.24) is 9.38 Å². The molecule has 0 unspecified atom stereocenters. The van der Waals surface area contributed by atoms with Crippen LogP contribution >= 0.6 is 0 Å². The third kappa shape index (κ3) is 1.30. The fourth-order valence-electron chi connectivity index (χ4n) is 1.67. The summed E-state index contributed by atoms with van der Waals surface area (Å²) in [6, 6.07) is 6.12. The average molecular weight is 189 g/mol. The predicted octanol–water partition coefficient (Wildman–Crippen LogP) is 1.84. The van der Waals surface area contributed by atoms with Gasteiger partial charge in [-0.25, -0.2) is 4.98 Å². The van der Waals surface area contributed by atoms with Crippen LogP contribution in [0.25, 0.3) is 5.52 Å². The van der Waals surface area contributed by atoms with Gasteiger partial charge in [0.05, 0.1) is 17.3 Å². The fraction of sp³-hybridized carbons (Fsp3) is 0.364. The summed E-state index contributed by atoms with van der Waals surface area (Å²) < 4.78 is 2.10. The summed E-state index contributed by atoms with van der Waals surface area (Å²) in [5, 5.41) is 0. The molecule has 0 saturated carbocycles. The Kier molecular flexibility index (Phi) is 1.86. The van der Waals surface area contributed by atoms with Gasteiger partial charge in [0.25, 0.3) is 0 Å². The van der Waals surface area contributed by atoms with Crippen LogP contribution in [0.15, 0.2) is 24.4 Å². The molecule has 0 fully saturated rings. The third-order valence-electron chi connectivity index (χ3n) is 2.32. The van der Waals surface area contributed by atoms with Crippen LogP contribution in [-0.2, 0) is 5.54 Å². The minimum absolute atomic E-state index is 0.404. The van der Waals surface area contributed by atoms with E-state index in [0.717, 1.165) is 17.0 Å². The van der Waals surface area contributed by atoms with Crippen molar-refractivity contribution in [2.24, 2.45) is 5.73 Å². The minimum atomic E-state index is -0.404. The van der Waals surface area contributed by atoms with E-state index in [-0.39, 0.29) is 0 Å². The molecule has 0 radical (unpaired) electrons. The van der Waals surface area contributed by atoms with Crippen molar-refractivity contribution in [2.75, 3.05) is 0 Å². The first-order valence-corrected chi connectivity index (χ1v) is 4.72. The lowest BCUT2D eigenvalue weighted by molar-refractivity contribution is 0.510. The zero-order valence-electron chi connectivity index (χ0n) is 8.78. The Morgan fingerprint density at radius 2 is 2.07 bits per heavy atom. The van der Waals surface area contributed by atoms with Crippen LogP contribution in [0.5, 0.6) is 0 Å². The topological polar surface area (TPSA) is 43.3 Å². The van der Waals surface area contributed by atoms with Crippen LogP contribution < -0.4 is 5.73 Å². The first-order valence-electron chi connectivity index (χ1n) is 4.72. The number of pyridine rings is 1. The highest BCUT2D eigenvalue weighted by molar-refractivity contribution is 5.48. The summed E-state index contributed by atoms with van der Waals surface area (Å²) in [6.07, 6.45) is 1.86. The minimum Gasteiger partial charge on any atom is -0.319 e. The van der Waals surface area contributed by atoms with E-state index in [0.29, 0.717) is 0 Å². The number of aryl methyl sites for hydroxylation is 1. The average Bonchev–Trinajstić information content (AvgIpc) is 2.47. The van der Waals surface area contributed by atoms with Gasteiger partial charge >= 0.3 is 0 Å². The van der Waals surface area contributed by atoms with Crippen LogP contribution in [0, 0.1) is 6.92 Å². The first kappa shape index (κ1) is 9.21. The number of rotatable bonds is 1. The second-order valence-electron chi connectivity index (χ2n) is 4.23. The second-order valence-corrected chi connectivity index (χ2v) is 4.23. The number of hydrogen-bond donors (Lipinski definition) is 1. The highest BCUT2D eigenvalue weighted by Crippen LogP contribution is 2.18. The monoisotopic (exact) mass is 189 g/mol. The molecule has 0 spiro atoms. The van der Waals surface area contributed by atoms with Gasteiger partial charge in [-0.3, -0.25) is 4.40 Å². The zero-order chi connectivity index (χ0) is 10.3. The van der Waals surface area contributed by atoms with E-state index >= 15 is 0 Å². The lowest BCUT2D eigenvalue weighted by Gasteiger charge is -2.18. The van der Waals surface area contributed by atoms with Crippen LogP contribution in [-0.4, -0.2) is 9.38 Å². The molecule has 0 aliphatic heterocycles. The molecular weight excluding hydrogens is 174 g/mol. The first-order chi connectivity index (χ1) is 6.50. The molecule has 2 heterocycles. The largest absolute Gasteiger partial charge is 0.319 e. The molecule has 3 heteroatoms. The lowest BCUT2D eigenvalue weighted by Crippen LogP contribution is -2.31. The van der Waals surface area contributed by atoms with Crippen molar-refractivity contribution in [3.05, 3.63) is 35.9 Å². The Hall–Kier alpha value is -1.35. The summed E-state index contributed by atoms with van der Waals surface area (Å²) in [6.45, 7) is 5.99. The van der Waals surface area contributed by atoms with E-state index in [1.807, 2.05) is 32.2 Å². The van der Waals surface area contributed by atoms with Crippen molar-refractivity contribution in [1.29, 1.82) is 0 Å². The van der Waals surface area contributed by atoms with E-state index < -0.39 is 5.54 Å². The number of fused-ring (bicyclic) bond motifs is 1. The van der Waals surface area contributed by atoms with Gasteiger partial charge in [-0.05, 0) is 32.9 Å². The van der Waals surface area contributed by atoms with Gasteiger partial charge in [0, 0.05) is 5.69 Å². The van der Waals surface area contributed by atoms with E-state index in [1.54, 1.807) is 0 Å². The third-order valence-corrected chi connectivity index (χ3v) is 2.32. The van der Waals surface area contributed by atoms with Crippen molar-refractivity contribution in [3.63, 3.8) is 0 Å². The molecule has 0 aliphatic rings. The van der Waals surface area contributed by atoms with Crippen LogP contribution in [0.1, 0.15) is 25.4 Å². The summed E-state index contributed by atoms with van der Waals surface area (Å²) in [4.78, 5) is 4.37. The molecule has 3 nitrogen and oxygen atoms in total. The van der Waals surface area contributed by atoms with Crippen LogP contribution in [0.3, 0.4) is 0 Å². The lowest BCUT2D eigenvalue weighted by atomic mass is 10.1. The van der Waals surface area contributed by atoms with Crippen molar-refractivity contribution < 1.29 is 0 Å². The van der Waals surface area contributed by atoms with Gasteiger partial charge < -0.3 is 5.73 Å². The normalized spacial score (nSPS) is 12.3. The molecule has 2 aromatic rings.